The molecule has 3 heteroatoms. The van der Waals surface area contributed by atoms with Crippen LogP contribution >= 0.6 is 0 Å². The van der Waals surface area contributed by atoms with Gasteiger partial charge >= 0.3 is 0 Å². The molecule has 0 aliphatic heterocycles. The van der Waals surface area contributed by atoms with Gasteiger partial charge in [0, 0.05) is 17.6 Å². The number of pyridine rings is 1. The molecule has 1 aliphatic carbocycles. The highest BCUT2D eigenvalue weighted by Gasteiger charge is 2.18. The predicted octanol–water partition coefficient (Wildman–Crippen LogP) is 3.32. The van der Waals surface area contributed by atoms with Gasteiger partial charge in [-0.2, -0.15) is 0 Å². The molecule has 1 fully saturated rings. The van der Waals surface area contributed by atoms with Crippen molar-refractivity contribution in [3.8, 4) is 0 Å². The molecule has 0 spiro atoms. The van der Waals surface area contributed by atoms with E-state index >= 15 is 0 Å². The standard InChI is InChI=1S/C16H17NO2/c18-11-12-10-17(13-6-2-1-3-7-13)15-9-5-4-8-14(15)16(12)19/h4-5,8-11,13H,1-3,6-7H2. The summed E-state index contributed by atoms with van der Waals surface area (Å²) in [6.07, 6.45) is 8.41. The molecule has 1 aromatic carbocycles. The van der Waals surface area contributed by atoms with Crippen molar-refractivity contribution in [2.75, 3.05) is 0 Å². The molecule has 98 valence electrons. The first-order valence-electron chi connectivity index (χ1n) is 6.90. The van der Waals surface area contributed by atoms with Gasteiger partial charge in [0.05, 0.1) is 11.1 Å². The highest BCUT2D eigenvalue weighted by molar-refractivity contribution is 5.86. The van der Waals surface area contributed by atoms with Crippen molar-refractivity contribution in [1.29, 1.82) is 0 Å². The zero-order valence-electron chi connectivity index (χ0n) is 10.8. The first kappa shape index (κ1) is 12.2. The number of hydrogen-bond donors (Lipinski definition) is 0. The van der Waals surface area contributed by atoms with Crippen LogP contribution in [0, 0.1) is 0 Å². The molecule has 1 aromatic heterocycles. The number of carbonyl (C=O) groups excluding carboxylic acids is 1. The molecule has 19 heavy (non-hydrogen) atoms. The van der Waals surface area contributed by atoms with Crippen LogP contribution in [-0.2, 0) is 0 Å². The van der Waals surface area contributed by atoms with E-state index in [1.54, 1.807) is 6.20 Å². The van der Waals surface area contributed by atoms with Gasteiger partial charge in [0.15, 0.2) is 11.7 Å². The largest absolute Gasteiger partial charge is 0.343 e. The van der Waals surface area contributed by atoms with Crippen LogP contribution in [0.4, 0.5) is 0 Å². The maximum absolute atomic E-state index is 12.1. The Morgan fingerprint density at radius 3 is 2.58 bits per heavy atom. The molecule has 1 heterocycles. The second kappa shape index (κ2) is 5.00. The van der Waals surface area contributed by atoms with Crippen LogP contribution in [0.5, 0.6) is 0 Å². The topological polar surface area (TPSA) is 39.1 Å². The number of para-hydroxylation sites is 1. The third-order valence-electron chi connectivity index (χ3n) is 4.06. The summed E-state index contributed by atoms with van der Waals surface area (Å²) in [6, 6.07) is 7.99. The summed E-state index contributed by atoms with van der Waals surface area (Å²) in [5.41, 5.74) is 1.06. The quantitative estimate of drug-likeness (QED) is 0.772. The number of fused-ring (bicyclic) bond motifs is 1. The number of carbonyl (C=O) groups is 1. The van der Waals surface area contributed by atoms with E-state index in [1.807, 2.05) is 24.3 Å². The molecule has 3 rings (SSSR count). The van der Waals surface area contributed by atoms with Crippen LogP contribution in [0.15, 0.2) is 35.3 Å². The molecule has 1 aliphatic rings. The van der Waals surface area contributed by atoms with Crippen molar-refractivity contribution in [2.24, 2.45) is 0 Å². The molecule has 0 atom stereocenters. The minimum Gasteiger partial charge on any atom is -0.343 e. The number of aromatic nitrogens is 1. The zero-order valence-corrected chi connectivity index (χ0v) is 10.8. The second-order valence-corrected chi connectivity index (χ2v) is 5.25. The molecule has 1 saturated carbocycles. The van der Waals surface area contributed by atoms with Crippen molar-refractivity contribution in [1.82, 2.24) is 4.57 Å². The van der Waals surface area contributed by atoms with Gasteiger partial charge < -0.3 is 4.57 Å². The predicted molar refractivity (Wildman–Crippen MR) is 75.7 cm³/mol. The number of hydrogen-bond acceptors (Lipinski definition) is 2. The Hall–Kier alpha value is -1.90. The Kier molecular flexibility index (Phi) is 3.20. The Morgan fingerprint density at radius 1 is 1.11 bits per heavy atom. The Labute approximate surface area is 111 Å². The first-order valence-corrected chi connectivity index (χ1v) is 6.90. The molecule has 0 radical (unpaired) electrons. The Balaban J connectivity index is 2.25. The fourth-order valence-corrected chi connectivity index (χ4v) is 3.07. The highest BCUT2D eigenvalue weighted by atomic mass is 16.1. The third kappa shape index (κ3) is 2.09. The monoisotopic (exact) mass is 255 g/mol. The van der Waals surface area contributed by atoms with Gasteiger partial charge in [-0.3, -0.25) is 9.59 Å². The number of rotatable bonds is 2. The van der Waals surface area contributed by atoms with E-state index in [4.69, 9.17) is 0 Å². The highest BCUT2D eigenvalue weighted by Crippen LogP contribution is 2.30. The van der Waals surface area contributed by atoms with Crippen molar-refractivity contribution in [3.05, 3.63) is 46.2 Å². The molecule has 0 unspecified atom stereocenters. The van der Waals surface area contributed by atoms with E-state index in [2.05, 4.69) is 4.57 Å². The van der Waals surface area contributed by atoms with E-state index in [0.717, 1.165) is 18.4 Å². The molecule has 3 nitrogen and oxygen atoms in total. The van der Waals surface area contributed by atoms with E-state index in [-0.39, 0.29) is 11.0 Å². The molecule has 0 bridgehead atoms. The van der Waals surface area contributed by atoms with Crippen LogP contribution in [0.2, 0.25) is 0 Å². The summed E-state index contributed by atoms with van der Waals surface area (Å²) in [4.78, 5) is 23.2. The Morgan fingerprint density at radius 2 is 1.84 bits per heavy atom. The van der Waals surface area contributed by atoms with Crippen molar-refractivity contribution in [3.63, 3.8) is 0 Å². The number of benzene rings is 1. The van der Waals surface area contributed by atoms with E-state index in [0.29, 0.717) is 17.7 Å². The van der Waals surface area contributed by atoms with E-state index < -0.39 is 0 Å². The van der Waals surface area contributed by atoms with Crippen LogP contribution in [-0.4, -0.2) is 10.9 Å². The minimum atomic E-state index is -0.155. The molecule has 0 N–H and O–H groups in total. The Bertz CT molecular complexity index is 666. The first-order chi connectivity index (χ1) is 9.31. The lowest BCUT2D eigenvalue weighted by Crippen LogP contribution is -2.19. The van der Waals surface area contributed by atoms with Gasteiger partial charge in [-0.25, -0.2) is 0 Å². The summed E-state index contributed by atoms with van der Waals surface area (Å²) >= 11 is 0. The lowest BCUT2D eigenvalue weighted by atomic mass is 9.94. The van der Waals surface area contributed by atoms with Crippen molar-refractivity contribution < 1.29 is 4.79 Å². The fourth-order valence-electron chi connectivity index (χ4n) is 3.07. The van der Waals surface area contributed by atoms with Gasteiger partial charge in [0.1, 0.15) is 0 Å². The number of nitrogens with zero attached hydrogens (tertiary/aromatic N) is 1. The smallest absolute Gasteiger partial charge is 0.199 e. The maximum Gasteiger partial charge on any atom is 0.199 e. The summed E-state index contributed by atoms with van der Waals surface area (Å²) in [5, 5.41) is 0.651. The summed E-state index contributed by atoms with van der Waals surface area (Å²) < 4.78 is 2.14. The van der Waals surface area contributed by atoms with Crippen molar-refractivity contribution >= 4 is 17.2 Å². The van der Waals surface area contributed by atoms with Gasteiger partial charge in [-0.05, 0) is 25.0 Å². The van der Waals surface area contributed by atoms with Crippen LogP contribution in [0.25, 0.3) is 10.9 Å². The van der Waals surface area contributed by atoms with Gasteiger partial charge in [0.2, 0.25) is 0 Å². The normalized spacial score (nSPS) is 16.6. The van der Waals surface area contributed by atoms with E-state index in [1.165, 1.54) is 19.3 Å². The third-order valence-corrected chi connectivity index (χ3v) is 4.06. The molecule has 0 amide bonds. The summed E-state index contributed by atoms with van der Waals surface area (Å²) in [5.74, 6) is 0. The van der Waals surface area contributed by atoms with Crippen LogP contribution in [0.1, 0.15) is 48.5 Å². The molecular weight excluding hydrogens is 238 g/mol. The van der Waals surface area contributed by atoms with Gasteiger partial charge in [-0.1, -0.05) is 31.4 Å². The average Bonchev–Trinajstić information content (AvgIpc) is 2.49. The SMILES string of the molecule is O=Cc1cn(C2CCCCC2)c2ccccc2c1=O. The maximum atomic E-state index is 12.1. The fraction of sp³-hybridized carbons (Fsp3) is 0.375. The average molecular weight is 255 g/mol. The van der Waals surface area contributed by atoms with E-state index in [9.17, 15) is 9.59 Å². The summed E-state index contributed by atoms with van der Waals surface area (Å²) in [7, 11) is 0. The number of aldehydes is 1. The van der Waals surface area contributed by atoms with Crippen LogP contribution < -0.4 is 5.43 Å². The van der Waals surface area contributed by atoms with Gasteiger partial charge in [0.25, 0.3) is 0 Å². The lowest BCUT2D eigenvalue weighted by molar-refractivity contribution is 0.112. The zero-order chi connectivity index (χ0) is 13.2. The second-order valence-electron chi connectivity index (χ2n) is 5.25. The lowest BCUT2D eigenvalue weighted by Gasteiger charge is -2.26. The van der Waals surface area contributed by atoms with Gasteiger partial charge in [-0.15, -0.1) is 0 Å². The molecule has 0 saturated heterocycles. The molecular formula is C16H17NO2. The summed E-state index contributed by atoms with van der Waals surface area (Å²) in [6.45, 7) is 0. The molecule has 2 aromatic rings. The van der Waals surface area contributed by atoms with Crippen LogP contribution in [0.3, 0.4) is 0 Å². The van der Waals surface area contributed by atoms with Crippen molar-refractivity contribution in [2.45, 2.75) is 38.1 Å². The minimum absolute atomic E-state index is 0.155.